The Bertz CT molecular complexity index is 565. The Morgan fingerprint density at radius 3 is 2.58 bits per heavy atom. The van der Waals surface area contributed by atoms with Crippen LogP contribution in [-0.2, 0) is 10.0 Å². The Kier molecular flexibility index (Phi) is 5.49. The molecule has 0 radical (unpaired) electrons. The molecule has 0 aliphatic rings. The third-order valence-electron chi connectivity index (χ3n) is 2.16. The van der Waals surface area contributed by atoms with Gasteiger partial charge in [-0.25, -0.2) is 12.8 Å². The molecule has 0 heterocycles. The van der Waals surface area contributed by atoms with E-state index in [0.717, 1.165) is 12.1 Å². The minimum absolute atomic E-state index is 0.169. The molecule has 0 saturated carbocycles. The zero-order valence-corrected chi connectivity index (χ0v) is 11.4. The highest BCUT2D eigenvalue weighted by atomic mass is 35.5. The van der Waals surface area contributed by atoms with Crippen molar-refractivity contribution in [1.29, 1.82) is 0 Å². The summed E-state index contributed by atoms with van der Waals surface area (Å²) in [6.45, 7) is 0. The van der Waals surface area contributed by atoms with Crippen molar-refractivity contribution in [1.82, 2.24) is 0 Å². The zero-order valence-electron chi connectivity index (χ0n) is 9.80. The van der Waals surface area contributed by atoms with E-state index in [-0.39, 0.29) is 11.4 Å². The van der Waals surface area contributed by atoms with Crippen LogP contribution in [0.15, 0.2) is 18.2 Å². The predicted molar refractivity (Wildman–Crippen MR) is 70.4 cm³/mol. The minimum atomic E-state index is -3.66. The number of nitro groups is 1. The summed E-state index contributed by atoms with van der Waals surface area (Å²) in [6.07, 6.45) is 0.891. The molecule has 1 aromatic carbocycles. The number of halogens is 2. The summed E-state index contributed by atoms with van der Waals surface area (Å²) >= 11 is 5.43. The maximum atomic E-state index is 13.1. The molecule has 1 N–H and O–H groups in total. The summed E-state index contributed by atoms with van der Waals surface area (Å²) < 4.78 is 38.5. The molecule has 1 rings (SSSR count). The van der Waals surface area contributed by atoms with Crippen molar-refractivity contribution in [2.75, 3.05) is 16.4 Å². The summed E-state index contributed by atoms with van der Waals surface area (Å²) in [6, 6.07) is 2.56. The molecule has 0 bridgehead atoms. The molecule has 0 aliphatic carbocycles. The van der Waals surface area contributed by atoms with E-state index in [0.29, 0.717) is 24.8 Å². The van der Waals surface area contributed by atoms with E-state index >= 15 is 0 Å². The number of unbranched alkanes of at least 4 members (excludes halogenated alkanes) is 1. The van der Waals surface area contributed by atoms with Gasteiger partial charge < -0.3 is 0 Å². The Labute approximate surface area is 114 Å². The molecule has 0 spiro atoms. The van der Waals surface area contributed by atoms with Crippen molar-refractivity contribution in [3.8, 4) is 0 Å². The maximum absolute atomic E-state index is 13.1. The highest BCUT2D eigenvalue weighted by Gasteiger charge is 2.14. The van der Waals surface area contributed by atoms with Crippen molar-refractivity contribution < 1.29 is 17.7 Å². The van der Waals surface area contributed by atoms with Gasteiger partial charge >= 0.3 is 0 Å². The molecule has 0 aromatic heterocycles. The molecule has 9 heteroatoms. The molecule has 1 aromatic rings. The van der Waals surface area contributed by atoms with Crippen LogP contribution in [0, 0.1) is 15.9 Å². The number of sulfonamides is 1. The van der Waals surface area contributed by atoms with Gasteiger partial charge in [0.05, 0.1) is 22.4 Å². The van der Waals surface area contributed by atoms with Crippen LogP contribution in [0.1, 0.15) is 12.8 Å². The molecule has 106 valence electrons. The van der Waals surface area contributed by atoms with Gasteiger partial charge in [-0.05, 0) is 18.9 Å². The third kappa shape index (κ3) is 5.39. The number of nitro benzene ring substituents is 1. The predicted octanol–water partition coefficient (Wildman–Crippen LogP) is 2.49. The summed E-state index contributed by atoms with van der Waals surface area (Å²) in [7, 11) is -3.66. The minimum Gasteiger partial charge on any atom is -0.283 e. The number of nitrogens with one attached hydrogen (secondary N) is 1. The second-order valence-corrected chi connectivity index (χ2v) is 5.99. The van der Waals surface area contributed by atoms with Gasteiger partial charge in [-0.15, -0.1) is 11.6 Å². The molecule has 0 saturated heterocycles. The van der Waals surface area contributed by atoms with Gasteiger partial charge in [-0.1, -0.05) is 0 Å². The van der Waals surface area contributed by atoms with Gasteiger partial charge in [-0.3, -0.25) is 14.8 Å². The first-order valence-electron chi connectivity index (χ1n) is 5.35. The Morgan fingerprint density at radius 2 is 2.00 bits per heavy atom. The fourth-order valence-electron chi connectivity index (χ4n) is 1.36. The number of anilines is 1. The molecular formula is C10H12ClFN2O4S. The molecule has 19 heavy (non-hydrogen) atoms. The van der Waals surface area contributed by atoms with Crippen molar-refractivity contribution >= 4 is 33.0 Å². The number of alkyl halides is 1. The topological polar surface area (TPSA) is 89.3 Å². The van der Waals surface area contributed by atoms with Crippen molar-refractivity contribution in [2.45, 2.75) is 12.8 Å². The van der Waals surface area contributed by atoms with Gasteiger partial charge in [0.2, 0.25) is 10.0 Å². The molecule has 0 fully saturated rings. The molecular weight excluding hydrogens is 299 g/mol. The second-order valence-electron chi connectivity index (χ2n) is 3.77. The summed E-state index contributed by atoms with van der Waals surface area (Å²) in [4.78, 5) is 9.73. The summed E-state index contributed by atoms with van der Waals surface area (Å²) in [5.41, 5.74) is -0.684. The van der Waals surface area contributed by atoms with Gasteiger partial charge in [0.25, 0.3) is 5.69 Å². The normalized spacial score (nSPS) is 11.3. The average molecular weight is 311 g/mol. The monoisotopic (exact) mass is 310 g/mol. The lowest BCUT2D eigenvalue weighted by molar-refractivity contribution is -0.385. The third-order valence-corrected chi connectivity index (χ3v) is 3.80. The number of benzene rings is 1. The number of non-ortho nitro benzene ring substituents is 1. The zero-order chi connectivity index (χ0) is 14.5. The molecule has 0 aliphatic heterocycles. The number of nitrogens with zero attached hydrogens (tertiary/aromatic N) is 1. The van der Waals surface area contributed by atoms with E-state index in [9.17, 15) is 22.9 Å². The van der Waals surface area contributed by atoms with E-state index in [1.165, 1.54) is 0 Å². The van der Waals surface area contributed by atoms with Crippen molar-refractivity contribution in [2.24, 2.45) is 0 Å². The summed E-state index contributed by atoms with van der Waals surface area (Å²) in [5.74, 6) is -0.710. The second kappa shape index (κ2) is 6.67. The van der Waals surface area contributed by atoms with Gasteiger partial charge in [0.15, 0.2) is 0 Å². The SMILES string of the molecule is O=[N+]([O-])c1cc(F)cc(NS(=O)(=O)CCCCCl)c1. The van der Waals surface area contributed by atoms with E-state index in [4.69, 9.17) is 11.6 Å². The van der Waals surface area contributed by atoms with E-state index in [1.54, 1.807) is 0 Å². The van der Waals surface area contributed by atoms with E-state index in [2.05, 4.69) is 4.72 Å². The van der Waals surface area contributed by atoms with Crippen LogP contribution in [0.25, 0.3) is 0 Å². The van der Waals surface area contributed by atoms with Crippen LogP contribution in [0.5, 0.6) is 0 Å². The van der Waals surface area contributed by atoms with E-state index in [1.807, 2.05) is 0 Å². The van der Waals surface area contributed by atoms with Crippen molar-refractivity contribution in [3.63, 3.8) is 0 Å². The first-order valence-corrected chi connectivity index (χ1v) is 7.54. The Balaban J connectivity index is 2.84. The smallest absolute Gasteiger partial charge is 0.274 e. The lowest BCUT2D eigenvalue weighted by atomic mass is 10.3. The van der Waals surface area contributed by atoms with Crippen LogP contribution >= 0.6 is 11.6 Å². The van der Waals surface area contributed by atoms with Gasteiger partial charge in [0, 0.05) is 11.9 Å². The first kappa shape index (κ1) is 15.6. The van der Waals surface area contributed by atoms with Crippen LogP contribution in [0.4, 0.5) is 15.8 Å². The van der Waals surface area contributed by atoms with Gasteiger partial charge in [0.1, 0.15) is 5.82 Å². The Hall–Kier alpha value is -1.41. The lowest BCUT2D eigenvalue weighted by Gasteiger charge is -2.07. The fraction of sp³-hybridized carbons (Fsp3) is 0.400. The largest absolute Gasteiger partial charge is 0.283 e. The lowest BCUT2D eigenvalue weighted by Crippen LogP contribution is -2.17. The van der Waals surface area contributed by atoms with Crippen LogP contribution in [0.3, 0.4) is 0 Å². The highest BCUT2D eigenvalue weighted by Crippen LogP contribution is 2.21. The average Bonchev–Trinajstić information content (AvgIpc) is 2.27. The maximum Gasteiger partial charge on any atom is 0.274 e. The fourth-order valence-corrected chi connectivity index (χ4v) is 2.71. The standard InChI is InChI=1S/C10H12ClFN2O4S/c11-3-1-2-4-19(17,18)13-9-5-8(12)6-10(7-9)14(15)16/h5-7,13H,1-4H2. The van der Waals surface area contributed by atoms with Crippen LogP contribution in [-0.4, -0.2) is 25.0 Å². The first-order chi connectivity index (χ1) is 8.84. The van der Waals surface area contributed by atoms with Crippen molar-refractivity contribution in [3.05, 3.63) is 34.1 Å². The van der Waals surface area contributed by atoms with Crippen LogP contribution < -0.4 is 4.72 Å². The van der Waals surface area contributed by atoms with Gasteiger partial charge in [-0.2, -0.15) is 0 Å². The number of rotatable bonds is 7. The van der Waals surface area contributed by atoms with Crippen LogP contribution in [0.2, 0.25) is 0 Å². The molecule has 0 atom stereocenters. The number of hydrogen-bond donors (Lipinski definition) is 1. The molecule has 0 unspecified atom stereocenters. The number of hydrogen-bond acceptors (Lipinski definition) is 4. The summed E-state index contributed by atoms with van der Waals surface area (Å²) in [5, 5.41) is 10.5. The molecule has 6 nitrogen and oxygen atoms in total. The Morgan fingerprint density at radius 1 is 1.32 bits per heavy atom. The quantitative estimate of drug-likeness (QED) is 0.362. The molecule has 0 amide bonds. The van der Waals surface area contributed by atoms with E-state index < -0.39 is 26.5 Å². The highest BCUT2D eigenvalue weighted by molar-refractivity contribution is 7.92.